The first-order chi connectivity index (χ1) is 14.9. The lowest BCUT2D eigenvalue weighted by atomic mass is 10.1. The normalized spacial score (nSPS) is 10.8. The van der Waals surface area contributed by atoms with E-state index in [9.17, 15) is 9.59 Å². The molecule has 31 heavy (non-hydrogen) atoms. The molecule has 0 unspecified atom stereocenters. The average molecular weight is 443 g/mol. The van der Waals surface area contributed by atoms with Crippen LogP contribution < -0.4 is 15.4 Å². The molecular formula is C23H27ClN4O3. The highest BCUT2D eigenvalue weighted by Gasteiger charge is 2.15. The number of hydrogen-bond donors (Lipinski definition) is 2. The number of aromatic nitrogens is 2. The minimum absolute atomic E-state index is 0.0783. The molecule has 0 saturated heterocycles. The molecule has 0 fully saturated rings. The second-order valence-electron chi connectivity index (χ2n) is 7.39. The second-order valence-corrected chi connectivity index (χ2v) is 7.80. The summed E-state index contributed by atoms with van der Waals surface area (Å²) < 4.78 is 7.08. The molecule has 2 amide bonds. The number of aryl methyl sites for hydroxylation is 2. The number of anilines is 1. The Balaban J connectivity index is 1.40. The Kier molecular flexibility index (Phi) is 7.52. The van der Waals surface area contributed by atoms with Crippen LogP contribution in [0.5, 0.6) is 5.75 Å². The molecule has 7 nitrogen and oxygen atoms in total. The third-order valence-electron chi connectivity index (χ3n) is 5.04. The zero-order chi connectivity index (χ0) is 22.4. The highest BCUT2D eigenvalue weighted by Crippen LogP contribution is 2.31. The maximum absolute atomic E-state index is 12.5. The van der Waals surface area contributed by atoms with Gasteiger partial charge >= 0.3 is 0 Å². The molecule has 8 heteroatoms. The summed E-state index contributed by atoms with van der Waals surface area (Å²) in [5.41, 5.74) is 3.50. The molecule has 0 radical (unpaired) electrons. The number of imidazole rings is 1. The van der Waals surface area contributed by atoms with Gasteiger partial charge in [-0.3, -0.25) is 14.0 Å². The van der Waals surface area contributed by atoms with E-state index in [1.165, 1.54) is 0 Å². The number of pyridine rings is 1. The number of carbonyl (C=O) groups is 2. The van der Waals surface area contributed by atoms with Crippen LogP contribution in [0.2, 0.25) is 5.02 Å². The Hall–Kier alpha value is -3.06. The summed E-state index contributed by atoms with van der Waals surface area (Å²) in [4.78, 5) is 29.2. The minimum atomic E-state index is -0.140. The van der Waals surface area contributed by atoms with E-state index in [-0.39, 0.29) is 11.8 Å². The van der Waals surface area contributed by atoms with Crippen LogP contribution in [0.1, 0.15) is 47.4 Å². The van der Waals surface area contributed by atoms with Crippen molar-refractivity contribution in [1.82, 2.24) is 14.7 Å². The smallest absolute Gasteiger partial charge is 0.270 e. The summed E-state index contributed by atoms with van der Waals surface area (Å²) in [7, 11) is 1.54. The standard InChI is InChI=1S/C23H27ClN4O3/c1-15-13-18(19(31-3)14-17(15)24)27-21(29)10-5-4-7-11-25-23(30)22-16(2)26-20-9-6-8-12-28(20)22/h6,8-9,12-14H,4-5,7,10-11H2,1-3H3,(H,25,30)(H,27,29). The lowest BCUT2D eigenvalue weighted by Crippen LogP contribution is -2.26. The van der Waals surface area contributed by atoms with Crippen molar-refractivity contribution in [3.63, 3.8) is 0 Å². The van der Waals surface area contributed by atoms with E-state index in [1.807, 2.05) is 38.2 Å². The molecule has 0 atom stereocenters. The van der Waals surface area contributed by atoms with Gasteiger partial charge in [0.05, 0.1) is 18.5 Å². The molecule has 2 aromatic heterocycles. The first kappa shape index (κ1) is 22.6. The molecular weight excluding hydrogens is 416 g/mol. The Bertz CT molecular complexity index is 1090. The number of hydrogen-bond acceptors (Lipinski definition) is 4. The Morgan fingerprint density at radius 1 is 1.16 bits per heavy atom. The SMILES string of the molecule is COc1cc(Cl)c(C)cc1NC(=O)CCCCCNC(=O)c1c(C)nc2ccccn12. The number of halogens is 1. The van der Waals surface area contributed by atoms with Gasteiger partial charge in [0.1, 0.15) is 17.1 Å². The Morgan fingerprint density at radius 2 is 1.97 bits per heavy atom. The third kappa shape index (κ3) is 5.55. The highest BCUT2D eigenvalue weighted by atomic mass is 35.5. The van der Waals surface area contributed by atoms with Crippen LogP contribution in [0.25, 0.3) is 5.65 Å². The summed E-state index contributed by atoms with van der Waals surface area (Å²) in [5.74, 6) is 0.318. The monoisotopic (exact) mass is 442 g/mol. The van der Waals surface area contributed by atoms with E-state index in [1.54, 1.807) is 23.6 Å². The molecule has 0 saturated carbocycles. The average Bonchev–Trinajstić information content (AvgIpc) is 3.08. The summed E-state index contributed by atoms with van der Waals surface area (Å²) >= 11 is 6.10. The summed E-state index contributed by atoms with van der Waals surface area (Å²) in [5, 5.41) is 6.42. The van der Waals surface area contributed by atoms with E-state index in [4.69, 9.17) is 16.3 Å². The zero-order valence-electron chi connectivity index (χ0n) is 18.0. The van der Waals surface area contributed by atoms with E-state index in [0.29, 0.717) is 40.8 Å². The minimum Gasteiger partial charge on any atom is -0.495 e. The molecule has 0 aliphatic heterocycles. The number of benzene rings is 1. The van der Waals surface area contributed by atoms with E-state index >= 15 is 0 Å². The quantitative estimate of drug-likeness (QED) is 0.476. The molecule has 3 aromatic rings. The molecule has 0 aliphatic rings. The molecule has 3 rings (SSSR count). The van der Waals surface area contributed by atoms with Crippen LogP contribution in [0, 0.1) is 13.8 Å². The van der Waals surface area contributed by atoms with E-state index in [2.05, 4.69) is 15.6 Å². The number of ether oxygens (including phenoxy) is 1. The van der Waals surface area contributed by atoms with Crippen molar-refractivity contribution in [2.24, 2.45) is 0 Å². The van der Waals surface area contributed by atoms with Crippen molar-refractivity contribution in [1.29, 1.82) is 0 Å². The lowest BCUT2D eigenvalue weighted by Gasteiger charge is -2.12. The van der Waals surface area contributed by atoms with Crippen molar-refractivity contribution < 1.29 is 14.3 Å². The number of nitrogens with zero attached hydrogens (tertiary/aromatic N) is 2. The molecule has 164 valence electrons. The number of fused-ring (bicyclic) bond motifs is 1. The number of methoxy groups -OCH3 is 1. The van der Waals surface area contributed by atoms with E-state index in [0.717, 1.165) is 30.5 Å². The van der Waals surface area contributed by atoms with Gasteiger partial charge in [-0.25, -0.2) is 4.98 Å². The molecule has 0 aliphatic carbocycles. The maximum Gasteiger partial charge on any atom is 0.270 e. The fourth-order valence-electron chi connectivity index (χ4n) is 3.40. The number of unbranched alkanes of at least 4 members (excludes halogenated alkanes) is 2. The molecule has 0 bridgehead atoms. The number of carbonyl (C=O) groups excluding carboxylic acids is 2. The van der Waals surface area contributed by atoms with Gasteiger partial charge in [0.25, 0.3) is 5.91 Å². The van der Waals surface area contributed by atoms with Gasteiger partial charge in [-0.1, -0.05) is 24.1 Å². The topological polar surface area (TPSA) is 84.7 Å². The van der Waals surface area contributed by atoms with Gasteiger partial charge in [0.15, 0.2) is 0 Å². The number of nitrogens with one attached hydrogen (secondary N) is 2. The van der Waals surface area contributed by atoms with Crippen LogP contribution in [0.4, 0.5) is 5.69 Å². The van der Waals surface area contributed by atoms with E-state index < -0.39 is 0 Å². The Labute approximate surface area is 186 Å². The van der Waals surface area contributed by atoms with Crippen molar-refractivity contribution >= 4 is 34.7 Å². The molecule has 0 spiro atoms. The van der Waals surface area contributed by atoms with Crippen molar-refractivity contribution in [3.05, 3.63) is 58.5 Å². The van der Waals surface area contributed by atoms with Crippen molar-refractivity contribution in [2.45, 2.75) is 39.5 Å². The predicted molar refractivity (Wildman–Crippen MR) is 122 cm³/mol. The van der Waals surface area contributed by atoms with Gasteiger partial charge in [0.2, 0.25) is 5.91 Å². The molecule has 2 N–H and O–H groups in total. The summed E-state index contributed by atoms with van der Waals surface area (Å²) in [6.07, 6.45) is 4.57. The lowest BCUT2D eigenvalue weighted by molar-refractivity contribution is -0.116. The predicted octanol–water partition coefficient (Wildman–Crippen LogP) is 4.54. The van der Waals surface area contributed by atoms with Gasteiger partial charge in [0, 0.05) is 30.3 Å². The van der Waals surface area contributed by atoms with Gasteiger partial charge in [-0.05, 0) is 50.5 Å². The fourth-order valence-corrected chi connectivity index (χ4v) is 3.56. The molecule has 2 heterocycles. The van der Waals surface area contributed by atoms with Gasteiger partial charge in [-0.2, -0.15) is 0 Å². The van der Waals surface area contributed by atoms with Crippen LogP contribution in [-0.4, -0.2) is 34.9 Å². The summed E-state index contributed by atoms with van der Waals surface area (Å²) in [6, 6.07) is 9.13. The largest absolute Gasteiger partial charge is 0.495 e. The zero-order valence-corrected chi connectivity index (χ0v) is 18.8. The summed E-state index contributed by atoms with van der Waals surface area (Å²) in [6.45, 7) is 4.25. The van der Waals surface area contributed by atoms with Gasteiger partial charge in [-0.15, -0.1) is 0 Å². The number of rotatable bonds is 9. The first-order valence-corrected chi connectivity index (χ1v) is 10.6. The van der Waals surface area contributed by atoms with Crippen LogP contribution in [-0.2, 0) is 4.79 Å². The van der Waals surface area contributed by atoms with Crippen LogP contribution in [0.15, 0.2) is 36.5 Å². The second kappa shape index (κ2) is 10.3. The third-order valence-corrected chi connectivity index (χ3v) is 5.45. The molecule has 1 aromatic carbocycles. The van der Waals surface area contributed by atoms with Crippen molar-refractivity contribution in [2.75, 3.05) is 19.0 Å². The van der Waals surface area contributed by atoms with Crippen LogP contribution in [0.3, 0.4) is 0 Å². The van der Waals surface area contributed by atoms with Gasteiger partial charge < -0.3 is 15.4 Å². The van der Waals surface area contributed by atoms with Crippen LogP contribution >= 0.6 is 11.6 Å². The number of amides is 2. The maximum atomic E-state index is 12.5. The highest BCUT2D eigenvalue weighted by molar-refractivity contribution is 6.31. The van der Waals surface area contributed by atoms with Crippen molar-refractivity contribution in [3.8, 4) is 5.75 Å². The fraction of sp³-hybridized carbons (Fsp3) is 0.348. The Morgan fingerprint density at radius 3 is 2.74 bits per heavy atom. The first-order valence-electron chi connectivity index (χ1n) is 10.3.